The number of primary amides is 1. The fourth-order valence-electron chi connectivity index (χ4n) is 2.16. The van der Waals surface area contributed by atoms with Gasteiger partial charge in [-0.05, 0) is 6.07 Å². The van der Waals surface area contributed by atoms with E-state index in [4.69, 9.17) is 5.73 Å². The predicted octanol–water partition coefficient (Wildman–Crippen LogP) is 0.538. The third-order valence-electron chi connectivity index (χ3n) is 3.15. The molecule has 0 atom stereocenters. The van der Waals surface area contributed by atoms with Crippen LogP contribution in [0.3, 0.4) is 0 Å². The molecular formula is C13H9N7O. The molecule has 4 heterocycles. The number of carbonyl (C=O) groups excluding carboxylic acids is 1. The van der Waals surface area contributed by atoms with Crippen LogP contribution < -0.4 is 5.73 Å². The van der Waals surface area contributed by atoms with Crippen molar-refractivity contribution < 1.29 is 4.79 Å². The zero-order valence-corrected chi connectivity index (χ0v) is 10.7. The number of fused-ring (bicyclic) bond motifs is 2. The van der Waals surface area contributed by atoms with Crippen LogP contribution in [-0.4, -0.2) is 34.9 Å². The maximum absolute atomic E-state index is 11.2. The molecule has 0 saturated carbocycles. The Morgan fingerprint density at radius 2 is 2.10 bits per heavy atom. The first-order chi connectivity index (χ1) is 10.2. The molecular weight excluding hydrogens is 270 g/mol. The number of carbonyl (C=O) groups is 1. The smallest absolute Gasteiger partial charge is 0.268 e. The van der Waals surface area contributed by atoms with Gasteiger partial charge in [0.25, 0.3) is 5.91 Å². The molecule has 8 nitrogen and oxygen atoms in total. The number of hydrogen-bond donors (Lipinski definition) is 1. The van der Waals surface area contributed by atoms with E-state index in [2.05, 4.69) is 20.1 Å². The molecule has 0 aliphatic heterocycles. The summed E-state index contributed by atoms with van der Waals surface area (Å²) < 4.78 is 3.38. The third-order valence-corrected chi connectivity index (χ3v) is 3.15. The number of aromatic nitrogens is 6. The lowest BCUT2D eigenvalue weighted by Crippen LogP contribution is -2.13. The zero-order valence-electron chi connectivity index (χ0n) is 10.7. The van der Waals surface area contributed by atoms with E-state index in [1.165, 1.54) is 6.20 Å². The van der Waals surface area contributed by atoms with Crippen molar-refractivity contribution in [3.63, 3.8) is 0 Å². The molecule has 0 aromatic carbocycles. The maximum atomic E-state index is 11.2. The van der Waals surface area contributed by atoms with Crippen molar-refractivity contribution in [3.05, 3.63) is 48.9 Å². The Labute approximate surface area is 117 Å². The second-order valence-electron chi connectivity index (χ2n) is 4.47. The van der Waals surface area contributed by atoms with E-state index in [0.717, 1.165) is 5.56 Å². The minimum absolute atomic E-state index is 0.185. The summed E-state index contributed by atoms with van der Waals surface area (Å²) in [6.07, 6.45) is 10.1. The second-order valence-corrected chi connectivity index (χ2v) is 4.47. The molecule has 8 heteroatoms. The van der Waals surface area contributed by atoms with Crippen molar-refractivity contribution in [2.24, 2.45) is 5.73 Å². The normalized spacial score (nSPS) is 11.2. The molecule has 0 aliphatic rings. The highest BCUT2D eigenvalue weighted by Crippen LogP contribution is 2.22. The summed E-state index contributed by atoms with van der Waals surface area (Å²) in [6, 6.07) is 1.80. The lowest BCUT2D eigenvalue weighted by molar-refractivity contribution is 0.0995. The van der Waals surface area contributed by atoms with Gasteiger partial charge in [-0.25, -0.2) is 19.5 Å². The number of imidazole rings is 1. The van der Waals surface area contributed by atoms with Crippen LogP contribution in [0, 0.1) is 0 Å². The zero-order chi connectivity index (χ0) is 14.4. The Kier molecular flexibility index (Phi) is 2.25. The molecule has 4 aromatic rings. The van der Waals surface area contributed by atoms with Gasteiger partial charge in [-0.3, -0.25) is 4.79 Å². The van der Waals surface area contributed by atoms with Gasteiger partial charge in [0.05, 0.1) is 23.7 Å². The molecule has 4 rings (SSSR count). The van der Waals surface area contributed by atoms with Crippen molar-refractivity contribution in [3.8, 4) is 11.3 Å². The minimum atomic E-state index is -0.579. The van der Waals surface area contributed by atoms with E-state index in [1.54, 1.807) is 39.8 Å². The standard InChI is InChI=1S/C13H9N7O/c14-12(21)10-7-19-6-9(18-11(19)5-16-10)8-4-17-20-3-1-2-15-13(8)20/h1-7H,(H2,14,21). The maximum Gasteiger partial charge on any atom is 0.268 e. The summed E-state index contributed by atoms with van der Waals surface area (Å²) in [5.74, 6) is -0.579. The first-order valence-corrected chi connectivity index (χ1v) is 6.16. The first kappa shape index (κ1) is 11.5. The fourth-order valence-corrected chi connectivity index (χ4v) is 2.16. The topological polar surface area (TPSA) is 103 Å². The Bertz CT molecular complexity index is 984. The molecule has 21 heavy (non-hydrogen) atoms. The van der Waals surface area contributed by atoms with E-state index in [-0.39, 0.29) is 5.69 Å². The molecule has 0 radical (unpaired) electrons. The van der Waals surface area contributed by atoms with Gasteiger partial charge < -0.3 is 10.1 Å². The Balaban J connectivity index is 1.92. The summed E-state index contributed by atoms with van der Waals surface area (Å²) in [5, 5.41) is 4.23. The predicted molar refractivity (Wildman–Crippen MR) is 73.5 cm³/mol. The second kappa shape index (κ2) is 4.10. The van der Waals surface area contributed by atoms with Crippen molar-refractivity contribution in [1.29, 1.82) is 0 Å². The van der Waals surface area contributed by atoms with Gasteiger partial charge in [-0.1, -0.05) is 0 Å². The quantitative estimate of drug-likeness (QED) is 0.576. The lowest BCUT2D eigenvalue weighted by Gasteiger charge is -1.95. The summed E-state index contributed by atoms with van der Waals surface area (Å²) in [5.41, 5.74) is 8.24. The molecule has 0 fully saturated rings. The SMILES string of the molecule is NC(=O)c1cn2cc(-c3cnn4cccnc34)nc2cn1. The van der Waals surface area contributed by atoms with Crippen LogP contribution in [0.4, 0.5) is 0 Å². The molecule has 0 saturated heterocycles. The minimum Gasteiger partial charge on any atom is -0.364 e. The van der Waals surface area contributed by atoms with Crippen molar-refractivity contribution in [2.45, 2.75) is 0 Å². The number of nitrogens with zero attached hydrogens (tertiary/aromatic N) is 6. The Morgan fingerprint density at radius 3 is 2.95 bits per heavy atom. The molecule has 0 bridgehead atoms. The summed E-state index contributed by atoms with van der Waals surface area (Å²) >= 11 is 0. The summed E-state index contributed by atoms with van der Waals surface area (Å²) in [4.78, 5) is 23.9. The largest absolute Gasteiger partial charge is 0.364 e. The van der Waals surface area contributed by atoms with Crippen molar-refractivity contribution in [1.82, 2.24) is 29.0 Å². The van der Waals surface area contributed by atoms with Crippen LogP contribution in [0.15, 0.2) is 43.2 Å². The average Bonchev–Trinajstić information content (AvgIpc) is 3.09. The highest BCUT2D eigenvalue weighted by atomic mass is 16.1. The fraction of sp³-hybridized carbons (Fsp3) is 0. The van der Waals surface area contributed by atoms with Crippen LogP contribution >= 0.6 is 0 Å². The van der Waals surface area contributed by atoms with Gasteiger partial charge in [-0.15, -0.1) is 0 Å². The van der Waals surface area contributed by atoms with Gasteiger partial charge >= 0.3 is 0 Å². The van der Waals surface area contributed by atoms with Gasteiger partial charge in [0, 0.05) is 24.8 Å². The van der Waals surface area contributed by atoms with Crippen LogP contribution in [0.5, 0.6) is 0 Å². The molecule has 1 amide bonds. The molecule has 102 valence electrons. The molecule has 0 unspecified atom stereocenters. The Morgan fingerprint density at radius 1 is 1.19 bits per heavy atom. The van der Waals surface area contributed by atoms with E-state index in [9.17, 15) is 4.79 Å². The van der Waals surface area contributed by atoms with Gasteiger partial charge in [0.2, 0.25) is 0 Å². The number of amides is 1. The number of rotatable bonds is 2. The highest BCUT2D eigenvalue weighted by Gasteiger charge is 2.12. The van der Waals surface area contributed by atoms with Crippen molar-refractivity contribution >= 4 is 17.2 Å². The van der Waals surface area contributed by atoms with Gasteiger partial charge in [0.1, 0.15) is 5.69 Å². The van der Waals surface area contributed by atoms with Crippen LogP contribution in [-0.2, 0) is 0 Å². The molecule has 2 N–H and O–H groups in total. The number of nitrogens with two attached hydrogens (primary N) is 1. The monoisotopic (exact) mass is 279 g/mol. The Hall–Kier alpha value is -3.29. The van der Waals surface area contributed by atoms with Gasteiger partial charge in [-0.2, -0.15) is 5.10 Å². The highest BCUT2D eigenvalue weighted by molar-refractivity contribution is 5.90. The first-order valence-electron chi connectivity index (χ1n) is 6.16. The average molecular weight is 279 g/mol. The molecule has 0 spiro atoms. The van der Waals surface area contributed by atoms with Crippen LogP contribution in [0.25, 0.3) is 22.6 Å². The number of hydrogen-bond acceptors (Lipinski definition) is 5. The molecule has 0 aliphatic carbocycles. The molecule has 4 aromatic heterocycles. The summed E-state index contributed by atoms with van der Waals surface area (Å²) in [7, 11) is 0. The summed E-state index contributed by atoms with van der Waals surface area (Å²) in [6.45, 7) is 0. The van der Waals surface area contributed by atoms with Crippen molar-refractivity contribution in [2.75, 3.05) is 0 Å². The van der Waals surface area contributed by atoms with E-state index < -0.39 is 5.91 Å². The van der Waals surface area contributed by atoms with Crippen LogP contribution in [0.1, 0.15) is 10.5 Å². The third kappa shape index (κ3) is 1.73. The van der Waals surface area contributed by atoms with Gasteiger partial charge in [0.15, 0.2) is 11.3 Å². The lowest BCUT2D eigenvalue weighted by atomic mass is 10.2. The van der Waals surface area contributed by atoms with E-state index in [0.29, 0.717) is 17.0 Å². The van der Waals surface area contributed by atoms with E-state index in [1.807, 2.05) is 6.20 Å². The van der Waals surface area contributed by atoms with Crippen LogP contribution in [0.2, 0.25) is 0 Å². The van der Waals surface area contributed by atoms with E-state index >= 15 is 0 Å².